The quantitative estimate of drug-likeness (QED) is 0.735. The van der Waals surface area contributed by atoms with E-state index in [2.05, 4.69) is 15.5 Å². The fraction of sp³-hybridized carbons (Fsp3) is 0.579. The summed E-state index contributed by atoms with van der Waals surface area (Å²) < 4.78 is 0. The van der Waals surface area contributed by atoms with E-state index in [1.807, 2.05) is 24.3 Å². The van der Waals surface area contributed by atoms with Gasteiger partial charge in [-0.3, -0.25) is 9.69 Å². The largest absolute Gasteiger partial charge is 0.368 e. The van der Waals surface area contributed by atoms with Gasteiger partial charge in [-0.05, 0) is 37.3 Å². The van der Waals surface area contributed by atoms with Crippen LogP contribution in [0.1, 0.15) is 44.1 Å². The zero-order valence-corrected chi connectivity index (χ0v) is 15.7. The van der Waals surface area contributed by atoms with Crippen molar-refractivity contribution in [1.29, 1.82) is 0 Å². The van der Waals surface area contributed by atoms with Crippen molar-refractivity contribution in [2.24, 2.45) is 5.73 Å². The van der Waals surface area contributed by atoms with E-state index in [1.54, 1.807) is 0 Å². The van der Waals surface area contributed by atoms with E-state index in [9.17, 15) is 9.59 Å². The van der Waals surface area contributed by atoms with Gasteiger partial charge in [-0.2, -0.15) is 0 Å². The van der Waals surface area contributed by atoms with Crippen LogP contribution < -0.4 is 16.4 Å². The Morgan fingerprint density at radius 1 is 1.19 bits per heavy atom. The van der Waals surface area contributed by atoms with Crippen LogP contribution in [0.5, 0.6) is 0 Å². The van der Waals surface area contributed by atoms with Gasteiger partial charge in [0.05, 0.1) is 0 Å². The van der Waals surface area contributed by atoms with Crippen molar-refractivity contribution < 1.29 is 9.59 Å². The molecule has 1 aromatic carbocycles. The lowest BCUT2D eigenvalue weighted by Crippen LogP contribution is -2.59. The number of benzene rings is 1. The molecule has 7 heteroatoms. The normalized spacial score (nSPS) is 20.7. The summed E-state index contributed by atoms with van der Waals surface area (Å²) in [6, 6.07) is 7.72. The Labute approximate surface area is 159 Å². The molecule has 1 aliphatic carbocycles. The van der Waals surface area contributed by atoms with Crippen LogP contribution in [0.4, 0.5) is 4.79 Å². The van der Waals surface area contributed by atoms with Gasteiger partial charge in [0.1, 0.15) is 5.54 Å². The molecule has 2 fully saturated rings. The number of urea groups is 1. The minimum Gasteiger partial charge on any atom is -0.368 e. The van der Waals surface area contributed by atoms with E-state index >= 15 is 0 Å². The molecule has 1 aromatic rings. The smallest absolute Gasteiger partial charge is 0.315 e. The highest BCUT2D eigenvalue weighted by Crippen LogP contribution is 2.29. The maximum atomic E-state index is 12.3. The third-order valence-corrected chi connectivity index (χ3v) is 5.92. The molecular weight excluding hydrogens is 352 g/mol. The van der Waals surface area contributed by atoms with Crippen molar-refractivity contribution in [1.82, 2.24) is 15.5 Å². The van der Waals surface area contributed by atoms with Gasteiger partial charge in [0.15, 0.2) is 0 Å². The Morgan fingerprint density at radius 2 is 1.85 bits per heavy atom. The minimum absolute atomic E-state index is 0.115. The van der Waals surface area contributed by atoms with Gasteiger partial charge in [-0.15, -0.1) is 0 Å². The first-order valence-electron chi connectivity index (χ1n) is 9.33. The van der Waals surface area contributed by atoms with E-state index < -0.39 is 11.4 Å². The van der Waals surface area contributed by atoms with Crippen molar-refractivity contribution in [3.8, 4) is 0 Å². The van der Waals surface area contributed by atoms with Crippen LogP contribution in [0.15, 0.2) is 24.3 Å². The molecule has 6 nitrogen and oxygen atoms in total. The van der Waals surface area contributed by atoms with Crippen LogP contribution in [0.3, 0.4) is 0 Å². The molecule has 0 atom stereocenters. The van der Waals surface area contributed by atoms with Gasteiger partial charge in [-0.1, -0.05) is 42.6 Å². The van der Waals surface area contributed by atoms with Crippen molar-refractivity contribution in [2.75, 3.05) is 13.1 Å². The maximum Gasteiger partial charge on any atom is 0.315 e. The number of hydrogen-bond acceptors (Lipinski definition) is 3. The fourth-order valence-electron chi connectivity index (χ4n) is 3.95. The lowest BCUT2D eigenvalue weighted by atomic mass is 9.97. The molecule has 0 aromatic heterocycles. The monoisotopic (exact) mass is 378 g/mol. The molecule has 2 aliphatic rings. The first-order valence-corrected chi connectivity index (χ1v) is 9.71. The molecule has 0 bridgehead atoms. The van der Waals surface area contributed by atoms with Crippen LogP contribution in [-0.2, 0) is 11.3 Å². The molecule has 0 radical (unpaired) electrons. The summed E-state index contributed by atoms with van der Waals surface area (Å²) in [6.07, 6.45) is 4.86. The number of hydrogen-bond donors (Lipinski definition) is 3. The summed E-state index contributed by atoms with van der Waals surface area (Å²) in [6.45, 7) is 2.62. The standard InChI is InChI=1S/C19H27ClN4O2/c20-16-6-2-1-5-14(16)13-24-11-7-15(8-12-24)22-18(26)23-19(17(21)25)9-3-4-10-19/h1-2,5-6,15H,3-4,7-13H2,(H2,21,25)(H2,22,23,26). The highest BCUT2D eigenvalue weighted by Gasteiger charge is 2.41. The SMILES string of the molecule is NC(=O)C1(NC(=O)NC2CCN(Cc3ccccc3Cl)CC2)CCCC1. The third kappa shape index (κ3) is 4.48. The number of carbonyl (C=O) groups excluding carboxylic acids is 2. The minimum atomic E-state index is -0.866. The second kappa shape index (κ2) is 8.27. The van der Waals surface area contributed by atoms with E-state index in [0.29, 0.717) is 12.8 Å². The summed E-state index contributed by atoms with van der Waals surface area (Å²) in [5, 5.41) is 6.64. The number of likely N-dealkylation sites (tertiary alicyclic amines) is 1. The zero-order valence-electron chi connectivity index (χ0n) is 15.0. The predicted octanol–water partition coefficient (Wildman–Crippen LogP) is 2.40. The number of nitrogens with one attached hydrogen (secondary N) is 2. The molecule has 142 valence electrons. The molecule has 3 amide bonds. The molecule has 4 N–H and O–H groups in total. The number of primary amides is 1. The Morgan fingerprint density at radius 3 is 2.46 bits per heavy atom. The van der Waals surface area contributed by atoms with Gasteiger partial charge in [0.2, 0.25) is 5.91 Å². The number of halogens is 1. The Balaban J connectivity index is 1.46. The number of nitrogens with two attached hydrogens (primary N) is 1. The second-order valence-electron chi connectivity index (χ2n) is 7.39. The first kappa shape index (κ1) is 19.0. The van der Waals surface area contributed by atoms with Crippen molar-refractivity contribution >= 4 is 23.5 Å². The molecule has 3 rings (SSSR count). The third-order valence-electron chi connectivity index (χ3n) is 5.56. The Bertz CT molecular complexity index is 653. The molecule has 0 unspecified atom stereocenters. The van der Waals surface area contributed by atoms with Crippen LogP contribution >= 0.6 is 11.6 Å². The molecule has 1 aliphatic heterocycles. The van der Waals surface area contributed by atoms with E-state index in [1.165, 1.54) is 0 Å². The molecule has 0 spiro atoms. The summed E-state index contributed by atoms with van der Waals surface area (Å²) in [5.74, 6) is -0.431. The number of piperidine rings is 1. The second-order valence-corrected chi connectivity index (χ2v) is 7.80. The van der Waals surface area contributed by atoms with Crippen molar-refractivity contribution in [3.05, 3.63) is 34.9 Å². The summed E-state index contributed by atoms with van der Waals surface area (Å²) >= 11 is 6.23. The van der Waals surface area contributed by atoms with Gasteiger partial charge < -0.3 is 16.4 Å². The summed E-state index contributed by atoms with van der Waals surface area (Å²) in [4.78, 5) is 26.4. The van der Waals surface area contributed by atoms with Crippen molar-refractivity contribution in [2.45, 2.75) is 56.7 Å². The first-order chi connectivity index (χ1) is 12.5. The summed E-state index contributed by atoms with van der Waals surface area (Å²) in [7, 11) is 0. The van der Waals surface area contributed by atoms with Gasteiger partial charge in [-0.25, -0.2) is 4.79 Å². The van der Waals surface area contributed by atoms with Gasteiger partial charge in [0.25, 0.3) is 0 Å². The van der Waals surface area contributed by atoms with Crippen LogP contribution in [0, 0.1) is 0 Å². The number of rotatable bonds is 5. The average molecular weight is 379 g/mol. The van der Waals surface area contributed by atoms with E-state index in [-0.39, 0.29) is 12.1 Å². The fourth-order valence-corrected chi connectivity index (χ4v) is 4.15. The number of nitrogens with zero attached hydrogens (tertiary/aromatic N) is 1. The molecule has 1 saturated carbocycles. The molecule has 1 heterocycles. The molecule has 1 saturated heterocycles. The van der Waals surface area contributed by atoms with Crippen LogP contribution in [0.25, 0.3) is 0 Å². The Hall–Kier alpha value is -1.79. The lowest BCUT2D eigenvalue weighted by Gasteiger charge is -2.34. The van der Waals surface area contributed by atoms with Gasteiger partial charge >= 0.3 is 6.03 Å². The molecule has 26 heavy (non-hydrogen) atoms. The predicted molar refractivity (Wildman–Crippen MR) is 102 cm³/mol. The highest BCUT2D eigenvalue weighted by atomic mass is 35.5. The highest BCUT2D eigenvalue weighted by molar-refractivity contribution is 6.31. The Kier molecular flexibility index (Phi) is 6.04. The average Bonchev–Trinajstić information content (AvgIpc) is 3.08. The maximum absolute atomic E-state index is 12.3. The van der Waals surface area contributed by atoms with Crippen molar-refractivity contribution in [3.63, 3.8) is 0 Å². The van der Waals surface area contributed by atoms with Crippen LogP contribution in [0.2, 0.25) is 5.02 Å². The summed E-state index contributed by atoms with van der Waals surface area (Å²) in [5.41, 5.74) is 5.78. The number of amides is 3. The lowest BCUT2D eigenvalue weighted by molar-refractivity contribution is -0.123. The molecular formula is C19H27ClN4O2. The van der Waals surface area contributed by atoms with Crippen LogP contribution in [-0.4, -0.2) is 41.5 Å². The van der Waals surface area contributed by atoms with E-state index in [0.717, 1.165) is 55.9 Å². The topological polar surface area (TPSA) is 87.5 Å². The van der Waals surface area contributed by atoms with E-state index in [4.69, 9.17) is 17.3 Å². The number of carbonyl (C=O) groups is 2. The van der Waals surface area contributed by atoms with Gasteiger partial charge in [0, 0.05) is 30.7 Å². The zero-order chi connectivity index (χ0) is 18.6.